The van der Waals surface area contributed by atoms with Crippen molar-refractivity contribution in [3.63, 3.8) is 0 Å². The minimum absolute atomic E-state index is 0.0258. The van der Waals surface area contributed by atoms with E-state index in [0.29, 0.717) is 29.3 Å². The lowest BCUT2D eigenvalue weighted by atomic mass is 10.2. The van der Waals surface area contributed by atoms with Crippen molar-refractivity contribution >= 4 is 38.2 Å². The zero-order valence-corrected chi connectivity index (χ0v) is 15.4. The Bertz CT molecular complexity index is 901. The number of nitrogens with zero attached hydrogens (tertiary/aromatic N) is 2. The van der Waals surface area contributed by atoms with Gasteiger partial charge in [-0.2, -0.15) is 0 Å². The van der Waals surface area contributed by atoms with Gasteiger partial charge in [-0.25, -0.2) is 8.42 Å². The highest BCUT2D eigenvalue weighted by Crippen LogP contribution is 2.29. The topological polar surface area (TPSA) is 76.6 Å². The van der Waals surface area contributed by atoms with Gasteiger partial charge in [0, 0.05) is 24.2 Å². The first-order valence-electron chi connectivity index (χ1n) is 8.07. The molecule has 8 heteroatoms. The first-order valence-corrected chi connectivity index (χ1v) is 10.3. The van der Waals surface area contributed by atoms with Crippen LogP contribution in [0.1, 0.15) is 13.3 Å². The van der Waals surface area contributed by atoms with Crippen LogP contribution in [-0.4, -0.2) is 54.9 Å². The lowest BCUT2D eigenvalue weighted by Gasteiger charge is -2.26. The van der Waals surface area contributed by atoms with Gasteiger partial charge in [0.15, 0.2) is 16.4 Å². The second kappa shape index (κ2) is 7.17. The van der Waals surface area contributed by atoms with E-state index in [1.54, 1.807) is 29.3 Å². The Morgan fingerprint density at radius 3 is 2.88 bits per heavy atom. The lowest BCUT2D eigenvalue weighted by Crippen LogP contribution is -2.43. The third kappa shape index (κ3) is 3.88. The van der Waals surface area contributed by atoms with Crippen molar-refractivity contribution in [1.82, 2.24) is 9.88 Å². The summed E-state index contributed by atoms with van der Waals surface area (Å²) in [7, 11) is -3.04. The van der Waals surface area contributed by atoms with Crippen LogP contribution in [0.25, 0.3) is 10.9 Å². The summed E-state index contributed by atoms with van der Waals surface area (Å²) in [5.74, 6) is 0.401. The fourth-order valence-corrected chi connectivity index (χ4v) is 5.06. The molecule has 0 unspecified atom stereocenters. The van der Waals surface area contributed by atoms with Crippen LogP contribution in [0.4, 0.5) is 0 Å². The maximum atomic E-state index is 12.5. The van der Waals surface area contributed by atoms with Crippen molar-refractivity contribution in [2.45, 2.75) is 19.4 Å². The van der Waals surface area contributed by atoms with Crippen LogP contribution >= 0.6 is 11.6 Å². The van der Waals surface area contributed by atoms with Gasteiger partial charge in [0.05, 0.1) is 16.5 Å². The fraction of sp³-hybridized carbons (Fsp3) is 0.412. The number of sulfone groups is 1. The second-order valence-electron chi connectivity index (χ2n) is 5.97. The lowest BCUT2D eigenvalue weighted by molar-refractivity contribution is -0.135. The number of hydrogen-bond donors (Lipinski definition) is 0. The van der Waals surface area contributed by atoms with Crippen molar-refractivity contribution in [1.29, 1.82) is 0 Å². The molecule has 0 N–H and O–H groups in total. The molecule has 0 bridgehead atoms. The van der Waals surface area contributed by atoms with Crippen molar-refractivity contribution in [2.75, 3.05) is 24.7 Å². The number of carbonyl (C=O) groups is 1. The Kier molecular flexibility index (Phi) is 5.15. The highest BCUT2D eigenvalue weighted by molar-refractivity contribution is 7.91. The van der Waals surface area contributed by atoms with E-state index in [2.05, 4.69) is 4.98 Å². The molecule has 0 spiro atoms. The first kappa shape index (κ1) is 17.9. The van der Waals surface area contributed by atoms with Crippen LogP contribution < -0.4 is 4.74 Å². The first-order chi connectivity index (χ1) is 11.9. The Labute approximate surface area is 151 Å². The molecule has 0 saturated carbocycles. The molecule has 3 rings (SSSR count). The molecule has 2 aromatic rings. The van der Waals surface area contributed by atoms with E-state index < -0.39 is 9.84 Å². The van der Waals surface area contributed by atoms with Gasteiger partial charge in [-0.1, -0.05) is 11.6 Å². The fourth-order valence-electron chi connectivity index (χ4n) is 3.11. The minimum atomic E-state index is -3.04. The number of aromatic nitrogens is 1. The molecule has 25 heavy (non-hydrogen) atoms. The van der Waals surface area contributed by atoms with E-state index in [-0.39, 0.29) is 30.1 Å². The Hall–Kier alpha value is -1.86. The van der Waals surface area contributed by atoms with E-state index in [1.165, 1.54) is 0 Å². The smallest absolute Gasteiger partial charge is 0.260 e. The molecule has 1 fully saturated rings. The normalized spacial score (nSPS) is 19.0. The zero-order chi connectivity index (χ0) is 18.0. The Morgan fingerprint density at radius 2 is 2.20 bits per heavy atom. The van der Waals surface area contributed by atoms with Gasteiger partial charge in [0.25, 0.3) is 5.91 Å². The predicted molar refractivity (Wildman–Crippen MR) is 96.7 cm³/mol. The molecule has 1 aliphatic heterocycles. The molecule has 134 valence electrons. The largest absolute Gasteiger partial charge is 0.481 e. The van der Waals surface area contributed by atoms with Crippen LogP contribution in [0.15, 0.2) is 30.5 Å². The summed E-state index contributed by atoms with van der Waals surface area (Å²) in [6.07, 6.45) is 2.11. The summed E-state index contributed by atoms with van der Waals surface area (Å²) < 4.78 is 29.0. The molecular weight excluding hydrogens is 364 g/mol. The second-order valence-corrected chi connectivity index (χ2v) is 8.61. The number of ether oxygens (including phenoxy) is 1. The number of halogens is 1. The quantitative estimate of drug-likeness (QED) is 0.793. The van der Waals surface area contributed by atoms with Gasteiger partial charge in [0.1, 0.15) is 11.3 Å². The highest BCUT2D eigenvalue weighted by atomic mass is 35.5. The number of hydrogen-bond acceptors (Lipinski definition) is 5. The molecule has 1 aliphatic rings. The minimum Gasteiger partial charge on any atom is -0.481 e. The summed E-state index contributed by atoms with van der Waals surface area (Å²) in [5.41, 5.74) is 0.592. The standard InChI is InChI=1S/C17H19ClN2O4S/c1-2-20(12-7-9-25(22,23)11-12)16(21)10-24-15-6-5-14(18)13-4-3-8-19-17(13)15/h3-6,8,12H,2,7,9-11H2,1H3/t12-/m1/s1. The molecule has 1 aromatic heterocycles. The van der Waals surface area contributed by atoms with Crippen molar-refractivity contribution in [2.24, 2.45) is 0 Å². The molecule has 1 aromatic carbocycles. The SMILES string of the molecule is CCN(C(=O)COc1ccc(Cl)c2cccnc12)[C@@H]1CCS(=O)(=O)C1. The van der Waals surface area contributed by atoms with Gasteiger partial charge < -0.3 is 9.64 Å². The molecule has 1 saturated heterocycles. The third-order valence-electron chi connectivity index (χ3n) is 4.34. The Morgan fingerprint density at radius 1 is 1.40 bits per heavy atom. The number of pyridine rings is 1. The number of likely N-dealkylation sites (N-methyl/N-ethyl adjacent to an activating group) is 1. The number of fused-ring (bicyclic) bond motifs is 1. The summed E-state index contributed by atoms with van der Waals surface area (Å²) in [6, 6.07) is 6.73. The molecule has 1 amide bonds. The van der Waals surface area contributed by atoms with Crippen LogP contribution in [0, 0.1) is 0 Å². The molecule has 0 radical (unpaired) electrons. The van der Waals surface area contributed by atoms with E-state index in [4.69, 9.17) is 16.3 Å². The van der Waals surface area contributed by atoms with Crippen LogP contribution in [-0.2, 0) is 14.6 Å². The number of rotatable bonds is 5. The van der Waals surface area contributed by atoms with E-state index >= 15 is 0 Å². The average Bonchev–Trinajstić information content (AvgIpc) is 2.95. The predicted octanol–water partition coefficient (Wildman–Crippen LogP) is 2.30. The van der Waals surface area contributed by atoms with Gasteiger partial charge in [0.2, 0.25) is 0 Å². The zero-order valence-electron chi connectivity index (χ0n) is 13.8. The third-order valence-corrected chi connectivity index (χ3v) is 6.42. The molecule has 6 nitrogen and oxygen atoms in total. The van der Waals surface area contributed by atoms with Crippen LogP contribution in [0.5, 0.6) is 5.75 Å². The van der Waals surface area contributed by atoms with Gasteiger partial charge >= 0.3 is 0 Å². The van der Waals surface area contributed by atoms with Crippen molar-refractivity contribution in [3.05, 3.63) is 35.5 Å². The molecular formula is C17H19ClN2O4S. The van der Waals surface area contributed by atoms with Crippen LogP contribution in [0.2, 0.25) is 5.02 Å². The van der Waals surface area contributed by atoms with E-state index in [1.807, 2.05) is 13.0 Å². The van der Waals surface area contributed by atoms with E-state index in [9.17, 15) is 13.2 Å². The average molecular weight is 383 g/mol. The molecule has 2 heterocycles. The van der Waals surface area contributed by atoms with Gasteiger partial charge in [-0.05, 0) is 37.6 Å². The number of amides is 1. The number of benzene rings is 1. The van der Waals surface area contributed by atoms with Crippen molar-refractivity contribution < 1.29 is 17.9 Å². The molecule has 1 atom stereocenters. The number of carbonyl (C=O) groups excluding carboxylic acids is 1. The maximum Gasteiger partial charge on any atom is 0.260 e. The van der Waals surface area contributed by atoms with Gasteiger partial charge in [-0.15, -0.1) is 0 Å². The summed E-state index contributed by atoms with van der Waals surface area (Å²) in [5, 5.41) is 1.32. The van der Waals surface area contributed by atoms with Crippen LogP contribution in [0.3, 0.4) is 0 Å². The summed E-state index contributed by atoms with van der Waals surface area (Å²) in [4.78, 5) is 18.4. The highest BCUT2D eigenvalue weighted by Gasteiger charge is 2.34. The summed E-state index contributed by atoms with van der Waals surface area (Å²) in [6.45, 7) is 2.11. The maximum absolute atomic E-state index is 12.5. The van der Waals surface area contributed by atoms with Gasteiger partial charge in [-0.3, -0.25) is 9.78 Å². The summed E-state index contributed by atoms with van der Waals surface area (Å²) >= 11 is 6.15. The monoisotopic (exact) mass is 382 g/mol. The Balaban J connectivity index is 1.73. The molecule has 0 aliphatic carbocycles. The van der Waals surface area contributed by atoms with Crippen molar-refractivity contribution in [3.8, 4) is 5.75 Å². The van der Waals surface area contributed by atoms with E-state index in [0.717, 1.165) is 5.39 Å².